The standard InChI is InChI=1S/C19H28N2O4/c1-14(2)10-16(18(23)21-9-8-17(22)12-21)11-20-19(24)25-13-15-6-4-3-5-7-15/h3-7,14,16-17,22H,8-13H2,1-2H3,(H,20,24)/t16-,17?/m0/s1. The molecule has 0 radical (unpaired) electrons. The van der Waals surface area contributed by atoms with Gasteiger partial charge < -0.3 is 20.1 Å². The zero-order valence-corrected chi connectivity index (χ0v) is 15.0. The minimum Gasteiger partial charge on any atom is -0.445 e. The van der Waals surface area contributed by atoms with Crippen LogP contribution in [0.1, 0.15) is 32.3 Å². The summed E-state index contributed by atoms with van der Waals surface area (Å²) in [6, 6.07) is 9.45. The summed E-state index contributed by atoms with van der Waals surface area (Å²) in [6.45, 7) is 5.50. The Balaban J connectivity index is 1.82. The number of rotatable bonds is 7. The van der Waals surface area contributed by atoms with Crippen LogP contribution in [0.25, 0.3) is 0 Å². The summed E-state index contributed by atoms with van der Waals surface area (Å²) in [4.78, 5) is 26.2. The number of carbonyl (C=O) groups is 2. The molecule has 2 N–H and O–H groups in total. The summed E-state index contributed by atoms with van der Waals surface area (Å²) in [5.74, 6) is 0.0341. The van der Waals surface area contributed by atoms with E-state index in [-0.39, 0.29) is 25.0 Å². The van der Waals surface area contributed by atoms with E-state index >= 15 is 0 Å². The van der Waals surface area contributed by atoms with Crippen molar-refractivity contribution in [3.8, 4) is 0 Å². The molecule has 0 aliphatic carbocycles. The Morgan fingerprint density at radius 2 is 2.04 bits per heavy atom. The molecule has 0 bridgehead atoms. The van der Waals surface area contributed by atoms with Crippen LogP contribution in [-0.4, -0.2) is 47.7 Å². The summed E-state index contributed by atoms with van der Waals surface area (Å²) in [6.07, 6.45) is 0.344. The monoisotopic (exact) mass is 348 g/mol. The van der Waals surface area contributed by atoms with Gasteiger partial charge >= 0.3 is 6.09 Å². The quantitative estimate of drug-likeness (QED) is 0.791. The molecule has 25 heavy (non-hydrogen) atoms. The van der Waals surface area contributed by atoms with Crippen LogP contribution in [0.2, 0.25) is 0 Å². The third-order valence-corrected chi connectivity index (χ3v) is 4.29. The predicted octanol–water partition coefficient (Wildman–Crippen LogP) is 2.17. The number of benzene rings is 1. The fraction of sp³-hybridized carbons (Fsp3) is 0.579. The van der Waals surface area contributed by atoms with Gasteiger partial charge in [0.2, 0.25) is 5.91 Å². The predicted molar refractivity (Wildman–Crippen MR) is 94.8 cm³/mol. The fourth-order valence-electron chi connectivity index (χ4n) is 3.02. The van der Waals surface area contributed by atoms with Gasteiger partial charge in [0.15, 0.2) is 0 Å². The maximum absolute atomic E-state index is 12.6. The van der Waals surface area contributed by atoms with E-state index in [1.54, 1.807) is 4.90 Å². The Labute approximate surface area is 149 Å². The number of aliphatic hydroxyl groups is 1. The first-order chi connectivity index (χ1) is 12.0. The Bertz CT molecular complexity index is 562. The van der Waals surface area contributed by atoms with E-state index in [1.807, 2.05) is 44.2 Å². The highest BCUT2D eigenvalue weighted by molar-refractivity contribution is 5.80. The first kappa shape index (κ1) is 19.2. The van der Waals surface area contributed by atoms with Gasteiger partial charge in [0.05, 0.1) is 12.0 Å². The first-order valence-electron chi connectivity index (χ1n) is 8.87. The minimum absolute atomic E-state index is 0.00592. The summed E-state index contributed by atoms with van der Waals surface area (Å²) in [5.41, 5.74) is 0.915. The average Bonchev–Trinajstić information content (AvgIpc) is 3.03. The molecule has 2 amide bonds. The summed E-state index contributed by atoms with van der Waals surface area (Å²) < 4.78 is 5.19. The highest BCUT2D eigenvalue weighted by atomic mass is 16.5. The highest BCUT2D eigenvalue weighted by Crippen LogP contribution is 2.18. The van der Waals surface area contributed by atoms with Crippen molar-refractivity contribution in [3.63, 3.8) is 0 Å². The smallest absolute Gasteiger partial charge is 0.407 e. The Morgan fingerprint density at radius 1 is 1.32 bits per heavy atom. The molecule has 1 heterocycles. The second kappa shape index (κ2) is 9.42. The fourth-order valence-corrected chi connectivity index (χ4v) is 3.02. The molecule has 1 aliphatic heterocycles. The number of amides is 2. The van der Waals surface area contributed by atoms with E-state index in [9.17, 15) is 14.7 Å². The second-order valence-electron chi connectivity index (χ2n) is 7.00. The lowest BCUT2D eigenvalue weighted by molar-refractivity contribution is -0.135. The third-order valence-electron chi connectivity index (χ3n) is 4.29. The molecule has 1 fully saturated rings. The van der Waals surface area contributed by atoms with Gasteiger partial charge in [-0.1, -0.05) is 44.2 Å². The van der Waals surface area contributed by atoms with Crippen molar-refractivity contribution >= 4 is 12.0 Å². The Hall–Kier alpha value is -2.08. The lowest BCUT2D eigenvalue weighted by atomic mass is 9.95. The number of hydrogen-bond acceptors (Lipinski definition) is 4. The molecule has 138 valence electrons. The lowest BCUT2D eigenvalue weighted by Crippen LogP contribution is -2.41. The number of ether oxygens (including phenoxy) is 1. The Kier molecular flexibility index (Phi) is 7.25. The number of likely N-dealkylation sites (tertiary alicyclic amines) is 1. The largest absolute Gasteiger partial charge is 0.445 e. The molecule has 1 saturated heterocycles. The molecular weight excluding hydrogens is 320 g/mol. The molecule has 1 aliphatic rings. The minimum atomic E-state index is -0.521. The van der Waals surface area contributed by atoms with Crippen molar-refractivity contribution in [1.29, 1.82) is 0 Å². The normalized spacial score (nSPS) is 18.2. The van der Waals surface area contributed by atoms with Crippen LogP contribution < -0.4 is 5.32 Å². The van der Waals surface area contributed by atoms with E-state index < -0.39 is 12.2 Å². The number of nitrogens with zero attached hydrogens (tertiary/aromatic N) is 1. The molecular formula is C19H28N2O4. The van der Waals surface area contributed by atoms with Gasteiger partial charge in [0, 0.05) is 19.6 Å². The molecule has 1 aromatic carbocycles. The van der Waals surface area contributed by atoms with Crippen molar-refractivity contribution in [2.24, 2.45) is 11.8 Å². The van der Waals surface area contributed by atoms with Gasteiger partial charge in [-0.25, -0.2) is 4.79 Å². The van der Waals surface area contributed by atoms with Crippen LogP contribution in [0.4, 0.5) is 4.79 Å². The number of hydrogen-bond donors (Lipinski definition) is 2. The van der Waals surface area contributed by atoms with Crippen LogP contribution in [0.15, 0.2) is 30.3 Å². The van der Waals surface area contributed by atoms with Crippen molar-refractivity contribution < 1.29 is 19.4 Å². The van der Waals surface area contributed by atoms with Crippen LogP contribution in [0, 0.1) is 11.8 Å². The number of β-amino-alcohol motifs (C(OH)–C–C–N with tert-alkyl or cyclic N) is 1. The average molecular weight is 348 g/mol. The van der Waals surface area contributed by atoms with E-state index in [0.29, 0.717) is 31.8 Å². The highest BCUT2D eigenvalue weighted by Gasteiger charge is 2.30. The SMILES string of the molecule is CC(C)C[C@@H](CNC(=O)OCc1ccccc1)C(=O)N1CCC(O)C1. The van der Waals surface area contributed by atoms with E-state index in [1.165, 1.54) is 0 Å². The van der Waals surface area contributed by atoms with Crippen molar-refractivity contribution in [2.75, 3.05) is 19.6 Å². The van der Waals surface area contributed by atoms with Crippen LogP contribution in [0.5, 0.6) is 0 Å². The topological polar surface area (TPSA) is 78.9 Å². The number of carbonyl (C=O) groups excluding carboxylic acids is 2. The summed E-state index contributed by atoms with van der Waals surface area (Å²) >= 11 is 0. The summed E-state index contributed by atoms with van der Waals surface area (Å²) in [7, 11) is 0. The maximum atomic E-state index is 12.6. The number of nitrogens with one attached hydrogen (secondary N) is 1. The molecule has 1 aromatic rings. The molecule has 6 heteroatoms. The second-order valence-corrected chi connectivity index (χ2v) is 7.00. The number of aliphatic hydroxyl groups excluding tert-OH is 1. The van der Waals surface area contributed by atoms with Gasteiger partial charge in [0.25, 0.3) is 0 Å². The van der Waals surface area contributed by atoms with Gasteiger partial charge in [-0.05, 0) is 24.3 Å². The molecule has 2 atom stereocenters. The van der Waals surface area contributed by atoms with Crippen LogP contribution in [0.3, 0.4) is 0 Å². The van der Waals surface area contributed by atoms with Gasteiger partial charge in [-0.3, -0.25) is 4.79 Å². The molecule has 0 aromatic heterocycles. The maximum Gasteiger partial charge on any atom is 0.407 e. The van der Waals surface area contributed by atoms with Crippen molar-refractivity contribution in [3.05, 3.63) is 35.9 Å². The molecule has 0 spiro atoms. The molecule has 2 rings (SSSR count). The lowest BCUT2D eigenvalue weighted by Gasteiger charge is -2.24. The van der Waals surface area contributed by atoms with Crippen molar-refractivity contribution in [2.45, 2.75) is 39.4 Å². The third kappa shape index (κ3) is 6.38. The Morgan fingerprint density at radius 3 is 2.64 bits per heavy atom. The van der Waals surface area contributed by atoms with E-state index in [4.69, 9.17) is 4.74 Å². The molecule has 6 nitrogen and oxygen atoms in total. The first-order valence-corrected chi connectivity index (χ1v) is 8.87. The van der Waals surface area contributed by atoms with Gasteiger partial charge in [-0.2, -0.15) is 0 Å². The van der Waals surface area contributed by atoms with E-state index in [0.717, 1.165) is 5.56 Å². The summed E-state index contributed by atoms with van der Waals surface area (Å²) in [5, 5.41) is 12.3. The number of alkyl carbamates (subject to hydrolysis) is 1. The molecule has 0 saturated carbocycles. The molecule has 1 unspecified atom stereocenters. The zero-order chi connectivity index (χ0) is 18.2. The van der Waals surface area contributed by atoms with Crippen LogP contribution in [-0.2, 0) is 16.1 Å². The zero-order valence-electron chi connectivity index (χ0n) is 15.0. The van der Waals surface area contributed by atoms with Gasteiger partial charge in [0.1, 0.15) is 6.61 Å². The van der Waals surface area contributed by atoms with Crippen LogP contribution >= 0.6 is 0 Å². The van der Waals surface area contributed by atoms with Crippen molar-refractivity contribution in [1.82, 2.24) is 10.2 Å². The van der Waals surface area contributed by atoms with E-state index in [2.05, 4.69) is 5.32 Å². The van der Waals surface area contributed by atoms with Gasteiger partial charge in [-0.15, -0.1) is 0 Å².